The summed E-state index contributed by atoms with van der Waals surface area (Å²) in [6.07, 6.45) is -6.38. The summed E-state index contributed by atoms with van der Waals surface area (Å²) in [6.45, 7) is 10.8. The highest BCUT2D eigenvalue weighted by atomic mass is 16.8. The molecule has 34 heavy (non-hydrogen) atoms. The molecule has 0 amide bonds. The van der Waals surface area contributed by atoms with Crippen LogP contribution in [0.15, 0.2) is 30.3 Å². The molecule has 9 heteroatoms. The van der Waals surface area contributed by atoms with E-state index in [-0.39, 0.29) is 6.10 Å². The standard InChI is InChI=1S/C25H36O9/c1-13-18(27)21(20(15(3)29-13)31-16(4)26)32-24-23-22(33-25(5,6)34-23)19(14(2)30-24)28-12-17-10-8-7-9-11-17/h7-11,13-15,18-24,27H,12H2,1-6H3. The van der Waals surface area contributed by atoms with E-state index < -0.39 is 66.9 Å². The summed E-state index contributed by atoms with van der Waals surface area (Å²) in [7, 11) is 0. The van der Waals surface area contributed by atoms with Crippen molar-refractivity contribution < 1.29 is 43.1 Å². The van der Waals surface area contributed by atoms with Crippen molar-refractivity contribution in [2.75, 3.05) is 0 Å². The van der Waals surface area contributed by atoms with E-state index in [2.05, 4.69) is 0 Å². The Labute approximate surface area is 200 Å². The van der Waals surface area contributed by atoms with E-state index in [1.807, 2.05) is 51.1 Å². The van der Waals surface area contributed by atoms with Gasteiger partial charge in [0.05, 0.1) is 24.9 Å². The van der Waals surface area contributed by atoms with Crippen molar-refractivity contribution in [1.82, 2.24) is 0 Å². The summed E-state index contributed by atoms with van der Waals surface area (Å²) < 4.78 is 42.4. The zero-order chi connectivity index (χ0) is 24.6. The van der Waals surface area contributed by atoms with Crippen LogP contribution in [0, 0.1) is 0 Å². The quantitative estimate of drug-likeness (QED) is 0.615. The highest BCUT2D eigenvalue weighted by Crippen LogP contribution is 2.40. The average molecular weight is 481 g/mol. The van der Waals surface area contributed by atoms with Crippen molar-refractivity contribution in [2.24, 2.45) is 0 Å². The first-order valence-electron chi connectivity index (χ1n) is 11.9. The number of esters is 1. The molecule has 3 heterocycles. The Hall–Kier alpha value is -1.59. The average Bonchev–Trinajstić information content (AvgIpc) is 3.09. The largest absolute Gasteiger partial charge is 0.457 e. The van der Waals surface area contributed by atoms with Crippen LogP contribution in [0.25, 0.3) is 0 Å². The molecule has 0 aliphatic carbocycles. The van der Waals surface area contributed by atoms with Gasteiger partial charge in [-0.2, -0.15) is 0 Å². The van der Waals surface area contributed by atoms with Gasteiger partial charge in [-0.05, 0) is 40.2 Å². The van der Waals surface area contributed by atoms with Crippen LogP contribution in [0.1, 0.15) is 47.1 Å². The van der Waals surface area contributed by atoms with Gasteiger partial charge in [0, 0.05) is 6.92 Å². The molecule has 3 fully saturated rings. The zero-order valence-corrected chi connectivity index (χ0v) is 20.6. The van der Waals surface area contributed by atoms with E-state index in [0.717, 1.165) is 5.56 Å². The number of rotatable bonds is 6. The van der Waals surface area contributed by atoms with Crippen LogP contribution >= 0.6 is 0 Å². The van der Waals surface area contributed by atoms with E-state index in [9.17, 15) is 9.90 Å². The molecule has 0 spiro atoms. The predicted molar refractivity (Wildman–Crippen MR) is 120 cm³/mol. The molecule has 1 aromatic carbocycles. The van der Waals surface area contributed by atoms with Gasteiger partial charge in [-0.1, -0.05) is 30.3 Å². The molecular weight excluding hydrogens is 444 g/mol. The Kier molecular flexibility index (Phi) is 7.64. The molecule has 10 unspecified atom stereocenters. The number of fused-ring (bicyclic) bond motifs is 1. The maximum atomic E-state index is 11.7. The van der Waals surface area contributed by atoms with E-state index in [1.54, 1.807) is 13.8 Å². The summed E-state index contributed by atoms with van der Waals surface area (Å²) in [4.78, 5) is 11.7. The van der Waals surface area contributed by atoms with E-state index in [1.165, 1.54) is 6.92 Å². The second-order valence-electron chi connectivity index (χ2n) is 9.75. The summed E-state index contributed by atoms with van der Waals surface area (Å²) in [5.41, 5.74) is 1.04. The Bertz CT molecular complexity index is 831. The maximum Gasteiger partial charge on any atom is 0.303 e. The van der Waals surface area contributed by atoms with Gasteiger partial charge in [0.2, 0.25) is 0 Å². The Morgan fingerprint density at radius 1 is 0.941 bits per heavy atom. The molecule has 0 aromatic heterocycles. The molecule has 9 nitrogen and oxygen atoms in total. The molecule has 3 aliphatic rings. The van der Waals surface area contributed by atoms with E-state index in [4.69, 9.17) is 33.2 Å². The van der Waals surface area contributed by atoms with E-state index >= 15 is 0 Å². The summed E-state index contributed by atoms with van der Waals surface area (Å²) >= 11 is 0. The summed E-state index contributed by atoms with van der Waals surface area (Å²) in [6, 6.07) is 9.88. The number of ether oxygens (including phenoxy) is 7. The molecule has 10 atom stereocenters. The molecule has 4 rings (SSSR count). The second kappa shape index (κ2) is 10.2. The Balaban J connectivity index is 1.52. The van der Waals surface area contributed by atoms with Gasteiger partial charge in [-0.15, -0.1) is 0 Å². The monoisotopic (exact) mass is 480 g/mol. The fourth-order valence-electron chi connectivity index (χ4n) is 4.91. The number of carbonyl (C=O) groups is 1. The van der Waals surface area contributed by atoms with Crippen LogP contribution in [-0.4, -0.2) is 78.1 Å². The molecule has 190 valence electrons. The van der Waals surface area contributed by atoms with Crippen LogP contribution in [0.3, 0.4) is 0 Å². The lowest BCUT2D eigenvalue weighted by molar-refractivity contribution is -0.326. The molecule has 3 aliphatic heterocycles. The number of carbonyl (C=O) groups excluding carboxylic acids is 1. The lowest BCUT2D eigenvalue weighted by Crippen LogP contribution is -2.63. The van der Waals surface area contributed by atoms with E-state index in [0.29, 0.717) is 6.61 Å². The molecule has 1 aromatic rings. The van der Waals surface area contributed by atoms with Crippen LogP contribution < -0.4 is 0 Å². The molecule has 1 N–H and O–H groups in total. The highest BCUT2D eigenvalue weighted by molar-refractivity contribution is 5.66. The third kappa shape index (κ3) is 5.46. The van der Waals surface area contributed by atoms with Crippen molar-refractivity contribution in [2.45, 2.75) is 115 Å². The first-order valence-corrected chi connectivity index (χ1v) is 11.9. The number of hydrogen-bond acceptors (Lipinski definition) is 9. The van der Waals surface area contributed by atoms with Gasteiger partial charge < -0.3 is 38.3 Å². The second-order valence-corrected chi connectivity index (χ2v) is 9.75. The fraction of sp³-hybridized carbons (Fsp3) is 0.720. The van der Waals surface area contributed by atoms with Crippen LogP contribution in [0.5, 0.6) is 0 Å². The first kappa shape index (κ1) is 25.5. The molecule has 0 bridgehead atoms. The van der Waals surface area contributed by atoms with Crippen molar-refractivity contribution >= 4 is 5.97 Å². The number of benzene rings is 1. The van der Waals surface area contributed by atoms with Gasteiger partial charge in [-0.3, -0.25) is 4.79 Å². The third-order valence-electron chi connectivity index (χ3n) is 6.48. The lowest BCUT2D eigenvalue weighted by atomic mass is 9.95. The maximum absolute atomic E-state index is 11.7. The van der Waals surface area contributed by atoms with Gasteiger partial charge in [0.25, 0.3) is 0 Å². The third-order valence-corrected chi connectivity index (χ3v) is 6.48. The van der Waals surface area contributed by atoms with Gasteiger partial charge in [-0.25, -0.2) is 0 Å². The van der Waals surface area contributed by atoms with Crippen molar-refractivity contribution in [3.8, 4) is 0 Å². The zero-order valence-electron chi connectivity index (χ0n) is 20.6. The normalized spacial score (nSPS) is 41.6. The number of hydrogen-bond donors (Lipinski definition) is 1. The number of aliphatic hydroxyl groups is 1. The smallest absolute Gasteiger partial charge is 0.303 e. The van der Waals surface area contributed by atoms with Gasteiger partial charge >= 0.3 is 5.97 Å². The lowest BCUT2D eigenvalue weighted by Gasteiger charge is -2.46. The number of aliphatic hydroxyl groups excluding tert-OH is 1. The van der Waals surface area contributed by atoms with Crippen molar-refractivity contribution in [3.63, 3.8) is 0 Å². The summed E-state index contributed by atoms with van der Waals surface area (Å²) in [5.74, 6) is -1.36. The van der Waals surface area contributed by atoms with Crippen molar-refractivity contribution in [1.29, 1.82) is 0 Å². The Morgan fingerprint density at radius 2 is 1.59 bits per heavy atom. The predicted octanol–water partition coefficient (Wildman–Crippen LogP) is 2.32. The topological polar surface area (TPSA) is 102 Å². The SMILES string of the molecule is CC(=O)OC1C(C)OC(C)C(O)C1OC1OC(C)C(OCc2ccccc2)C2OC(C)(C)OC12. The minimum absolute atomic E-state index is 0.383. The summed E-state index contributed by atoms with van der Waals surface area (Å²) in [5, 5.41) is 10.8. The minimum Gasteiger partial charge on any atom is -0.457 e. The van der Waals surface area contributed by atoms with Crippen LogP contribution in [-0.2, 0) is 44.6 Å². The first-order chi connectivity index (χ1) is 16.1. The van der Waals surface area contributed by atoms with Crippen LogP contribution in [0.2, 0.25) is 0 Å². The Morgan fingerprint density at radius 3 is 2.26 bits per heavy atom. The molecular formula is C25H36O9. The van der Waals surface area contributed by atoms with Gasteiger partial charge in [0.15, 0.2) is 18.2 Å². The molecule has 0 radical (unpaired) electrons. The molecule has 3 saturated heterocycles. The molecule has 0 saturated carbocycles. The fourth-order valence-corrected chi connectivity index (χ4v) is 4.91. The van der Waals surface area contributed by atoms with Gasteiger partial charge in [0.1, 0.15) is 30.5 Å². The minimum atomic E-state index is -1.03. The van der Waals surface area contributed by atoms with Crippen molar-refractivity contribution in [3.05, 3.63) is 35.9 Å². The highest BCUT2D eigenvalue weighted by Gasteiger charge is 2.57. The van der Waals surface area contributed by atoms with Crippen LogP contribution in [0.4, 0.5) is 0 Å².